The zero-order chi connectivity index (χ0) is 14.4. The quantitative estimate of drug-likeness (QED) is 0.625. The average Bonchev–Trinajstić information content (AvgIpc) is 2.83. The molecule has 0 spiro atoms. The third-order valence-electron chi connectivity index (χ3n) is 3.83. The number of benzene rings is 1. The van der Waals surface area contributed by atoms with Crippen molar-refractivity contribution in [1.82, 2.24) is 4.57 Å². The van der Waals surface area contributed by atoms with Gasteiger partial charge in [0.05, 0.1) is 29.3 Å². The van der Waals surface area contributed by atoms with Gasteiger partial charge in [0.1, 0.15) is 0 Å². The summed E-state index contributed by atoms with van der Waals surface area (Å²) in [5.74, 6) is -0.282. The first-order valence-corrected chi connectivity index (χ1v) is 7.56. The second-order valence-corrected chi connectivity index (χ2v) is 6.44. The van der Waals surface area contributed by atoms with E-state index in [-0.39, 0.29) is 5.97 Å². The summed E-state index contributed by atoms with van der Waals surface area (Å²) in [4.78, 5) is 11.9. The van der Waals surface area contributed by atoms with Gasteiger partial charge in [0.2, 0.25) is 0 Å². The number of ether oxygens (including phenoxy) is 1. The lowest BCUT2D eigenvalue weighted by Gasteiger charge is -2.30. The maximum Gasteiger partial charge on any atom is 0.337 e. The standard InChI is InChI=1S/C15H18N2O2S/c1-5-10-8-17-9(2)20-16(3)13-7-11(15(18)19-4)6-12(10)14(13)17/h6-9H,5H2,1-4H3. The molecular formula is C15H18N2O2S. The van der Waals surface area contributed by atoms with Gasteiger partial charge < -0.3 is 13.6 Å². The van der Waals surface area contributed by atoms with E-state index >= 15 is 0 Å². The molecule has 0 N–H and O–H groups in total. The Balaban J connectivity index is 2.35. The smallest absolute Gasteiger partial charge is 0.337 e. The highest BCUT2D eigenvalue weighted by Gasteiger charge is 2.26. The second-order valence-electron chi connectivity index (χ2n) is 5.00. The number of carbonyl (C=O) groups is 1. The van der Waals surface area contributed by atoms with E-state index < -0.39 is 0 Å². The van der Waals surface area contributed by atoms with Crippen molar-refractivity contribution in [2.45, 2.75) is 25.6 Å². The predicted octanol–water partition coefficient (Wildman–Crippen LogP) is 3.61. The molecule has 20 heavy (non-hydrogen) atoms. The van der Waals surface area contributed by atoms with Crippen molar-refractivity contribution in [2.75, 3.05) is 18.5 Å². The maximum absolute atomic E-state index is 11.9. The molecular weight excluding hydrogens is 272 g/mol. The van der Waals surface area contributed by atoms with Crippen molar-refractivity contribution in [1.29, 1.82) is 0 Å². The van der Waals surface area contributed by atoms with Gasteiger partial charge in [-0.3, -0.25) is 0 Å². The molecule has 1 atom stereocenters. The highest BCUT2D eigenvalue weighted by atomic mass is 32.2. The van der Waals surface area contributed by atoms with Crippen molar-refractivity contribution in [3.05, 3.63) is 29.5 Å². The summed E-state index contributed by atoms with van der Waals surface area (Å²) in [7, 11) is 3.46. The van der Waals surface area contributed by atoms with Gasteiger partial charge in [-0.2, -0.15) is 0 Å². The lowest BCUT2D eigenvalue weighted by atomic mass is 10.1. The molecule has 5 heteroatoms. The van der Waals surface area contributed by atoms with E-state index in [0.717, 1.165) is 17.5 Å². The molecule has 106 valence electrons. The topological polar surface area (TPSA) is 34.5 Å². The average molecular weight is 290 g/mol. The monoisotopic (exact) mass is 290 g/mol. The minimum absolute atomic E-state index is 0.282. The van der Waals surface area contributed by atoms with Crippen LogP contribution in [-0.2, 0) is 11.2 Å². The van der Waals surface area contributed by atoms with Gasteiger partial charge >= 0.3 is 5.97 Å². The van der Waals surface area contributed by atoms with Gasteiger partial charge in [-0.05, 0) is 43.0 Å². The van der Waals surface area contributed by atoms with Crippen molar-refractivity contribution in [3.63, 3.8) is 0 Å². The Kier molecular flexibility index (Phi) is 3.17. The Labute approximate surface area is 122 Å². The minimum Gasteiger partial charge on any atom is -0.465 e. The summed E-state index contributed by atoms with van der Waals surface area (Å²) < 4.78 is 9.31. The van der Waals surface area contributed by atoms with Crippen LogP contribution >= 0.6 is 11.9 Å². The van der Waals surface area contributed by atoms with Crippen LogP contribution in [-0.4, -0.2) is 24.7 Å². The number of aryl methyl sites for hydroxylation is 1. The van der Waals surface area contributed by atoms with Crippen LogP contribution in [0.2, 0.25) is 0 Å². The van der Waals surface area contributed by atoms with Crippen LogP contribution in [0.3, 0.4) is 0 Å². The van der Waals surface area contributed by atoms with Crippen LogP contribution in [0.25, 0.3) is 10.9 Å². The van der Waals surface area contributed by atoms with E-state index in [9.17, 15) is 4.79 Å². The maximum atomic E-state index is 11.9. The molecule has 0 fully saturated rings. The lowest BCUT2D eigenvalue weighted by Crippen LogP contribution is -2.19. The third-order valence-corrected chi connectivity index (χ3v) is 4.88. The van der Waals surface area contributed by atoms with E-state index in [0.29, 0.717) is 10.9 Å². The van der Waals surface area contributed by atoms with E-state index in [1.165, 1.54) is 18.2 Å². The van der Waals surface area contributed by atoms with Crippen LogP contribution in [0.15, 0.2) is 18.3 Å². The van der Waals surface area contributed by atoms with Crippen molar-refractivity contribution in [3.8, 4) is 0 Å². The first-order valence-electron chi connectivity index (χ1n) is 6.73. The fourth-order valence-corrected chi connectivity index (χ4v) is 3.80. The summed E-state index contributed by atoms with van der Waals surface area (Å²) in [6.07, 6.45) is 3.16. The molecule has 1 aliphatic heterocycles. The van der Waals surface area contributed by atoms with Crippen LogP contribution in [0.5, 0.6) is 0 Å². The number of anilines is 1. The number of aromatic nitrogens is 1. The third kappa shape index (κ3) is 1.80. The predicted molar refractivity (Wildman–Crippen MR) is 83.4 cm³/mol. The van der Waals surface area contributed by atoms with Crippen LogP contribution in [0, 0.1) is 0 Å². The molecule has 1 aromatic carbocycles. The van der Waals surface area contributed by atoms with Crippen LogP contribution in [0.4, 0.5) is 5.69 Å². The van der Waals surface area contributed by atoms with E-state index in [2.05, 4.69) is 28.9 Å². The molecule has 1 aromatic heterocycles. The molecule has 2 heterocycles. The van der Waals surface area contributed by atoms with Gasteiger partial charge in [0.15, 0.2) is 0 Å². The molecule has 1 aliphatic rings. The fraction of sp³-hybridized carbons (Fsp3) is 0.400. The molecule has 0 saturated carbocycles. The summed E-state index contributed by atoms with van der Waals surface area (Å²) in [6.45, 7) is 4.33. The van der Waals surface area contributed by atoms with E-state index in [1.54, 1.807) is 11.9 Å². The van der Waals surface area contributed by atoms with E-state index in [4.69, 9.17) is 4.74 Å². The zero-order valence-corrected chi connectivity index (χ0v) is 13.0. The van der Waals surface area contributed by atoms with Crippen LogP contribution < -0.4 is 4.31 Å². The van der Waals surface area contributed by atoms with Crippen molar-refractivity contribution >= 4 is 34.5 Å². The summed E-state index contributed by atoms with van der Waals surface area (Å²) in [5, 5.41) is 1.52. The first-order chi connectivity index (χ1) is 9.56. The fourth-order valence-electron chi connectivity index (χ4n) is 2.82. The normalized spacial score (nSPS) is 17.6. The van der Waals surface area contributed by atoms with Gasteiger partial charge in [-0.25, -0.2) is 4.79 Å². The summed E-state index contributed by atoms with van der Waals surface area (Å²) in [6, 6.07) is 3.87. The second kappa shape index (κ2) is 4.74. The molecule has 2 aromatic rings. The zero-order valence-electron chi connectivity index (χ0n) is 12.1. The minimum atomic E-state index is -0.282. The Bertz CT molecular complexity index is 693. The summed E-state index contributed by atoms with van der Waals surface area (Å²) >= 11 is 1.75. The molecule has 0 bridgehead atoms. The molecule has 1 unspecified atom stereocenters. The van der Waals surface area contributed by atoms with Gasteiger partial charge in [-0.1, -0.05) is 6.92 Å². The first kappa shape index (κ1) is 13.4. The molecule has 3 rings (SSSR count). The largest absolute Gasteiger partial charge is 0.465 e. The molecule has 0 saturated heterocycles. The summed E-state index contributed by atoms with van der Waals surface area (Å²) in [5.41, 5.74) is 4.17. The Morgan fingerprint density at radius 1 is 1.45 bits per heavy atom. The molecule has 0 aliphatic carbocycles. The highest BCUT2D eigenvalue weighted by molar-refractivity contribution is 8.00. The Morgan fingerprint density at radius 3 is 2.85 bits per heavy atom. The van der Waals surface area contributed by atoms with Crippen molar-refractivity contribution in [2.24, 2.45) is 0 Å². The number of esters is 1. The number of carbonyl (C=O) groups excluding carboxylic acids is 1. The molecule has 0 amide bonds. The van der Waals surface area contributed by atoms with Gasteiger partial charge in [0, 0.05) is 18.6 Å². The molecule has 0 radical (unpaired) electrons. The number of rotatable bonds is 2. The lowest BCUT2D eigenvalue weighted by molar-refractivity contribution is 0.0601. The number of hydrogen-bond donors (Lipinski definition) is 0. The van der Waals surface area contributed by atoms with Crippen molar-refractivity contribution < 1.29 is 9.53 Å². The van der Waals surface area contributed by atoms with E-state index in [1.807, 2.05) is 19.2 Å². The number of hydrogen-bond acceptors (Lipinski definition) is 4. The Morgan fingerprint density at radius 2 is 2.20 bits per heavy atom. The Hall–Kier alpha value is -1.62. The number of nitrogens with zero attached hydrogens (tertiary/aromatic N) is 2. The van der Waals surface area contributed by atoms with Crippen LogP contribution in [0.1, 0.15) is 35.1 Å². The van der Waals surface area contributed by atoms with Gasteiger partial charge in [0.25, 0.3) is 0 Å². The van der Waals surface area contributed by atoms with Gasteiger partial charge in [-0.15, -0.1) is 0 Å². The number of methoxy groups -OCH3 is 1. The SMILES string of the molecule is CCc1cn2c3c(cc(C(=O)OC)cc13)N(C)SC2C. The molecule has 4 nitrogen and oxygen atoms in total. The highest BCUT2D eigenvalue weighted by Crippen LogP contribution is 2.44.